The monoisotopic (exact) mass is 411 g/mol. The Bertz CT molecular complexity index is 360. The maximum absolute atomic E-state index is 2.27. The zero-order chi connectivity index (χ0) is 10.5. The Kier molecular flexibility index (Phi) is 6.01. The first kappa shape index (κ1) is 13.7. The van der Waals surface area contributed by atoms with Crippen LogP contribution in [0.25, 0.3) is 0 Å². The molecule has 2 aromatic carbocycles. The van der Waals surface area contributed by atoms with Crippen LogP contribution in [0, 0.1) is 0 Å². The van der Waals surface area contributed by atoms with E-state index in [2.05, 4.69) is 67.3 Å². The molecule has 16 heavy (non-hydrogen) atoms. The SMILES string of the molecule is CPC(c1ccccc1)c1ccccc1.[Au]. The zero-order valence-electron chi connectivity index (χ0n) is 9.15. The molecule has 1 atom stereocenters. The Morgan fingerprint density at radius 3 is 1.44 bits per heavy atom. The average Bonchev–Trinajstić information content (AvgIpc) is 2.33. The van der Waals surface area contributed by atoms with Crippen molar-refractivity contribution in [3.63, 3.8) is 0 Å². The molecule has 1 radical (unpaired) electrons. The van der Waals surface area contributed by atoms with Crippen molar-refractivity contribution in [2.24, 2.45) is 0 Å². The van der Waals surface area contributed by atoms with Crippen LogP contribution in [0.2, 0.25) is 0 Å². The van der Waals surface area contributed by atoms with Gasteiger partial charge >= 0.3 is 0 Å². The molecule has 0 saturated carbocycles. The molecule has 87 valence electrons. The maximum Gasteiger partial charge on any atom is 0.0260 e. The number of rotatable bonds is 3. The molecule has 0 aliphatic carbocycles. The molecule has 2 heteroatoms. The third kappa shape index (κ3) is 3.30. The summed E-state index contributed by atoms with van der Waals surface area (Å²) in [5.74, 6) is 0. The van der Waals surface area contributed by atoms with E-state index in [0.717, 1.165) is 8.58 Å². The van der Waals surface area contributed by atoms with E-state index in [9.17, 15) is 0 Å². The fourth-order valence-electron chi connectivity index (χ4n) is 1.82. The van der Waals surface area contributed by atoms with Crippen LogP contribution in [-0.2, 0) is 22.4 Å². The van der Waals surface area contributed by atoms with Crippen molar-refractivity contribution in [2.45, 2.75) is 5.66 Å². The standard InChI is InChI=1S/C14H15P.Au/c1-15-14(12-8-4-2-5-9-12)13-10-6-3-7-11-13;/h2-11,14-15H,1H3;. The minimum atomic E-state index is 0. The molecule has 0 aliphatic heterocycles. The smallest absolute Gasteiger partial charge is 0.0260 e. The molecule has 0 fully saturated rings. The van der Waals surface area contributed by atoms with Crippen molar-refractivity contribution in [3.05, 3.63) is 71.8 Å². The van der Waals surface area contributed by atoms with Crippen molar-refractivity contribution >= 4 is 8.58 Å². The van der Waals surface area contributed by atoms with Crippen LogP contribution < -0.4 is 0 Å². The van der Waals surface area contributed by atoms with E-state index in [1.807, 2.05) is 0 Å². The van der Waals surface area contributed by atoms with E-state index in [0.29, 0.717) is 5.66 Å². The predicted octanol–water partition coefficient (Wildman–Crippen LogP) is 4.08. The molecule has 0 amide bonds. The van der Waals surface area contributed by atoms with E-state index < -0.39 is 0 Å². The first-order valence-electron chi connectivity index (χ1n) is 5.19. The van der Waals surface area contributed by atoms with Crippen LogP contribution in [0.3, 0.4) is 0 Å². The largest absolute Gasteiger partial charge is 0.113 e. The Hall–Kier alpha value is -0.390. The summed E-state index contributed by atoms with van der Waals surface area (Å²) in [6.07, 6.45) is 0. The second-order valence-corrected chi connectivity index (χ2v) is 4.70. The van der Waals surface area contributed by atoms with Gasteiger partial charge in [0.25, 0.3) is 0 Å². The second kappa shape index (κ2) is 7.04. The van der Waals surface area contributed by atoms with E-state index in [1.165, 1.54) is 11.1 Å². The third-order valence-corrected chi connectivity index (χ3v) is 3.80. The summed E-state index contributed by atoms with van der Waals surface area (Å²) in [4.78, 5) is 0. The second-order valence-electron chi connectivity index (χ2n) is 3.54. The minimum absolute atomic E-state index is 0. The van der Waals surface area contributed by atoms with Gasteiger partial charge in [-0.05, 0) is 17.8 Å². The molecule has 2 aromatic rings. The van der Waals surface area contributed by atoms with Gasteiger partial charge in [0.05, 0.1) is 0 Å². The summed E-state index contributed by atoms with van der Waals surface area (Å²) in [5, 5.41) is 0. The van der Waals surface area contributed by atoms with Crippen LogP contribution >= 0.6 is 8.58 Å². The Morgan fingerprint density at radius 1 is 0.750 bits per heavy atom. The van der Waals surface area contributed by atoms with Gasteiger partial charge in [0.1, 0.15) is 0 Å². The van der Waals surface area contributed by atoms with Crippen molar-refractivity contribution in [2.75, 3.05) is 6.66 Å². The van der Waals surface area contributed by atoms with Gasteiger partial charge in [-0.1, -0.05) is 60.7 Å². The van der Waals surface area contributed by atoms with E-state index >= 15 is 0 Å². The van der Waals surface area contributed by atoms with Gasteiger partial charge in [-0.3, -0.25) is 0 Å². The van der Waals surface area contributed by atoms with Crippen molar-refractivity contribution in [3.8, 4) is 0 Å². The summed E-state index contributed by atoms with van der Waals surface area (Å²) in [5.41, 5.74) is 3.40. The van der Waals surface area contributed by atoms with Gasteiger partial charge in [-0.15, -0.1) is 8.58 Å². The van der Waals surface area contributed by atoms with Crippen molar-refractivity contribution < 1.29 is 22.4 Å². The average molecular weight is 411 g/mol. The molecule has 0 aromatic heterocycles. The predicted molar refractivity (Wildman–Crippen MR) is 69.0 cm³/mol. The fourth-order valence-corrected chi connectivity index (χ4v) is 2.87. The van der Waals surface area contributed by atoms with Crippen LogP contribution in [0.4, 0.5) is 0 Å². The van der Waals surface area contributed by atoms with Gasteiger partial charge < -0.3 is 0 Å². The van der Waals surface area contributed by atoms with Gasteiger partial charge in [0.15, 0.2) is 0 Å². The normalized spacial score (nSPS) is 10.6. The van der Waals surface area contributed by atoms with Gasteiger partial charge in [-0.2, -0.15) is 0 Å². The zero-order valence-corrected chi connectivity index (χ0v) is 12.3. The third-order valence-electron chi connectivity index (χ3n) is 2.55. The Morgan fingerprint density at radius 2 is 1.12 bits per heavy atom. The van der Waals surface area contributed by atoms with Gasteiger partial charge in [-0.25, -0.2) is 0 Å². The molecule has 0 heterocycles. The first-order chi connectivity index (χ1) is 7.42. The van der Waals surface area contributed by atoms with Gasteiger partial charge in [0.2, 0.25) is 0 Å². The summed E-state index contributed by atoms with van der Waals surface area (Å²) in [6, 6.07) is 21.5. The van der Waals surface area contributed by atoms with E-state index in [1.54, 1.807) is 0 Å². The number of benzene rings is 2. The molecular weight excluding hydrogens is 396 g/mol. The van der Waals surface area contributed by atoms with Crippen molar-refractivity contribution in [1.82, 2.24) is 0 Å². The first-order valence-corrected chi connectivity index (χ1v) is 6.76. The number of hydrogen-bond acceptors (Lipinski definition) is 0. The molecule has 0 nitrogen and oxygen atoms in total. The molecule has 2 rings (SSSR count). The summed E-state index contributed by atoms with van der Waals surface area (Å²) in [6.45, 7) is 2.27. The molecular formula is C14H15AuP. The number of hydrogen-bond donors (Lipinski definition) is 0. The molecule has 0 N–H and O–H groups in total. The molecule has 0 aliphatic rings. The summed E-state index contributed by atoms with van der Waals surface area (Å²) < 4.78 is 0. The van der Waals surface area contributed by atoms with Crippen LogP contribution in [0.5, 0.6) is 0 Å². The topological polar surface area (TPSA) is 0 Å². The van der Waals surface area contributed by atoms with E-state index in [4.69, 9.17) is 0 Å². The fraction of sp³-hybridized carbons (Fsp3) is 0.143. The van der Waals surface area contributed by atoms with E-state index in [-0.39, 0.29) is 22.4 Å². The minimum Gasteiger partial charge on any atom is -0.113 e. The molecule has 0 spiro atoms. The summed E-state index contributed by atoms with van der Waals surface area (Å²) in [7, 11) is 0.904. The Labute approximate surface area is 115 Å². The maximum atomic E-state index is 2.27. The molecule has 1 unspecified atom stereocenters. The molecule has 0 saturated heterocycles. The molecule has 0 bridgehead atoms. The van der Waals surface area contributed by atoms with Crippen LogP contribution in [-0.4, -0.2) is 6.66 Å². The van der Waals surface area contributed by atoms with Crippen molar-refractivity contribution in [1.29, 1.82) is 0 Å². The van der Waals surface area contributed by atoms with Crippen LogP contribution in [0.1, 0.15) is 16.8 Å². The quantitative estimate of drug-likeness (QED) is 0.528. The Balaban J connectivity index is 0.00000128. The van der Waals surface area contributed by atoms with Crippen LogP contribution in [0.15, 0.2) is 60.7 Å². The summed E-state index contributed by atoms with van der Waals surface area (Å²) >= 11 is 0. The van der Waals surface area contributed by atoms with Gasteiger partial charge in [0, 0.05) is 28.0 Å².